The van der Waals surface area contributed by atoms with Crippen molar-refractivity contribution in [2.24, 2.45) is 0 Å². The molecular weight excluding hydrogens is 245 g/mol. The van der Waals surface area contributed by atoms with E-state index in [1.807, 2.05) is 6.07 Å². The molecule has 0 spiro atoms. The summed E-state index contributed by atoms with van der Waals surface area (Å²) in [6, 6.07) is 5.44. The third-order valence-electron chi connectivity index (χ3n) is 2.26. The van der Waals surface area contributed by atoms with Gasteiger partial charge < -0.3 is 10.4 Å². The predicted octanol–water partition coefficient (Wildman–Crippen LogP) is 2.90. The normalized spacial score (nSPS) is 12.8. The second-order valence-electron chi connectivity index (χ2n) is 3.81. The van der Waals surface area contributed by atoms with E-state index < -0.39 is 0 Å². The van der Waals surface area contributed by atoms with Crippen LogP contribution in [0.25, 0.3) is 0 Å². The Labute approximate surface area is 107 Å². The summed E-state index contributed by atoms with van der Waals surface area (Å²) in [7, 11) is 0. The second kappa shape index (κ2) is 7.13. The van der Waals surface area contributed by atoms with Crippen LogP contribution in [0.3, 0.4) is 0 Å². The second-order valence-corrected chi connectivity index (χ2v) is 4.62. The molecule has 16 heavy (non-hydrogen) atoms. The SMILES string of the molecule is CCCNCC(O)Cc1ccc(Cl)c(Cl)c1. The van der Waals surface area contributed by atoms with Gasteiger partial charge in [0.25, 0.3) is 0 Å². The first-order valence-electron chi connectivity index (χ1n) is 5.46. The van der Waals surface area contributed by atoms with Crippen molar-refractivity contribution in [3.63, 3.8) is 0 Å². The number of rotatable bonds is 6. The fourth-order valence-electron chi connectivity index (χ4n) is 1.46. The van der Waals surface area contributed by atoms with Crippen LogP contribution in [0.4, 0.5) is 0 Å². The fraction of sp³-hybridized carbons (Fsp3) is 0.500. The van der Waals surface area contributed by atoms with Crippen molar-refractivity contribution in [1.82, 2.24) is 5.32 Å². The molecule has 1 atom stereocenters. The van der Waals surface area contributed by atoms with E-state index in [0.29, 0.717) is 23.0 Å². The molecule has 1 aromatic rings. The molecular formula is C12H17Cl2NO. The summed E-state index contributed by atoms with van der Waals surface area (Å²) < 4.78 is 0. The molecule has 0 saturated heterocycles. The van der Waals surface area contributed by atoms with Crippen LogP contribution in [0, 0.1) is 0 Å². The van der Waals surface area contributed by atoms with Crippen molar-refractivity contribution in [3.05, 3.63) is 33.8 Å². The first kappa shape index (κ1) is 13.8. The first-order chi connectivity index (χ1) is 7.63. The number of aliphatic hydroxyl groups excluding tert-OH is 1. The Kier molecular flexibility index (Phi) is 6.14. The molecule has 90 valence electrons. The molecule has 0 saturated carbocycles. The van der Waals surface area contributed by atoms with Gasteiger partial charge in [-0.3, -0.25) is 0 Å². The highest BCUT2D eigenvalue weighted by Crippen LogP contribution is 2.23. The van der Waals surface area contributed by atoms with Crippen molar-refractivity contribution >= 4 is 23.2 Å². The zero-order valence-electron chi connectivity index (χ0n) is 9.34. The van der Waals surface area contributed by atoms with Gasteiger partial charge in [0.2, 0.25) is 0 Å². The van der Waals surface area contributed by atoms with Gasteiger partial charge in [-0.25, -0.2) is 0 Å². The number of halogens is 2. The van der Waals surface area contributed by atoms with Crippen LogP contribution < -0.4 is 5.32 Å². The summed E-state index contributed by atoms with van der Waals surface area (Å²) in [6.45, 7) is 3.63. The van der Waals surface area contributed by atoms with Crippen LogP contribution >= 0.6 is 23.2 Å². The summed E-state index contributed by atoms with van der Waals surface area (Å²) in [4.78, 5) is 0. The predicted molar refractivity (Wildman–Crippen MR) is 69.3 cm³/mol. The van der Waals surface area contributed by atoms with E-state index >= 15 is 0 Å². The number of hydrogen-bond acceptors (Lipinski definition) is 2. The van der Waals surface area contributed by atoms with Gasteiger partial charge >= 0.3 is 0 Å². The van der Waals surface area contributed by atoms with Crippen LogP contribution in [-0.4, -0.2) is 24.3 Å². The molecule has 1 rings (SSSR count). The minimum absolute atomic E-state index is 0.385. The summed E-state index contributed by atoms with van der Waals surface area (Å²) in [6.07, 6.45) is 1.27. The lowest BCUT2D eigenvalue weighted by atomic mass is 10.1. The molecule has 2 nitrogen and oxygen atoms in total. The highest BCUT2D eigenvalue weighted by Gasteiger charge is 2.06. The first-order valence-corrected chi connectivity index (χ1v) is 6.21. The Balaban J connectivity index is 2.43. The summed E-state index contributed by atoms with van der Waals surface area (Å²) in [5.41, 5.74) is 1.00. The van der Waals surface area contributed by atoms with E-state index in [2.05, 4.69) is 12.2 Å². The standard InChI is InChI=1S/C12H17Cl2NO/c1-2-5-15-8-10(16)6-9-3-4-11(13)12(14)7-9/h3-4,7,10,15-16H,2,5-6,8H2,1H3. The number of benzene rings is 1. The Hall–Kier alpha value is -0.280. The van der Waals surface area contributed by atoms with Crippen molar-refractivity contribution in [2.75, 3.05) is 13.1 Å². The van der Waals surface area contributed by atoms with Gasteiger partial charge in [0.15, 0.2) is 0 Å². The molecule has 0 aliphatic rings. The maximum Gasteiger partial charge on any atom is 0.0704 e. The molecule has 0 heterocycles. The highest BCUT2D eigenvalue weighted by atomic mass is 35.5. The summed E-state index contributed by atoms with van der Waals surface area (Å²) in [5.74, 6) is 0. The topological polar surface area (TPSA) is 32.3 Å². The molecule has 1 unspecified atom stereocenters. The molecule has 1 aromatic carbocycles. The van der Waals surface area contributed by atoms with Gasteiger partial charge in [0.1, 0.15) is 0 Å². The molecule has 0 aliphatic carbocycles. The largest absolute Gasteiger partial charge is 0.391 e. The van der Waals surface area contributed by atoms with Crippen LogP contribution in [-0.2, 0) is 6.42 Å². The van der Waals surface area contributed by atoms with Crippen LogP contribution in [0.5, 0.6) is 0 Å². The Bertz CT molecular complexity index is 331. The maximum atomic E-state index is 9.75. The quantitative estimate of drug-likeness (QED) is 0.772. The molecule has 0 amide bonds. The molecule has 0 aromatic heterocycles. The Morgan fingerprint density at radius 1 is 1.31 bits per heavy atom. The van der Waals surface area contributed by atoms with E-state index in [-0.39, 0.29) is 6.10 Å². The maximum absolute atomic E-state index is 9.75. The van der Waals surface area contributed by atoms with Crippen molar-refractivity contribution < 1.29 is 5.11 Å². The van der Waals surface area contributed by atoms with Gasteiger partial charge in [-0.2, -0.15) is 0 Å². The average molecular weight is 262 g/mol. The number of nitrogens with one attached hydrogen (secondary N) is 1. The third-order valence-corrected chi connectivity index (χ3v) is 3.00. The molecule has 0 bridgehead atoms. The van der Waals surface area contributed by atoms with E-state index in [1.54, 1.807) is 12.1 Å². The van der Waals surface area contributed by atoms with Crippen LogP contribution in [0.15, 0.2) is 18.2 Å². The van der Waals surface area contributed by atoms with Gasteiger partial charge in [-0.05, 0) is 37.1 Å². The Morgan fingerprint density at radius 3 is 2.69 bits per heavy atom. The lowest BCUT2D eigenvalue weighted by Crippen LogP contribution is -2.28. The minimum atomic E-state index is -0.385. The van der Waals surface area contributed by atoms with Crippen molar-refractivity contribution in [2.45, 2.75) is 25.9 Å². The van der Waals surface area contributed by atoms with Gasteiger partial charge in [-0.15, -0.1) is 0 Å². The van der Waals surface area contributed by atoms with Gasteiger partial charge in [-0.1, -0.05) is 36.2 Å². The monoisotopic (exact) mass is 261 g/mol. The Morgan fingerprint density at radius 2 is 2.06 bits per heavy atom. The smallest absolute Gasteiger partial charge is 0.0704 e. The fourth-order valence-corrected chi connectivity index (χ4v) is 1.78. The zero-order valence-corrected chi connectivity index (χ0v) is 10.9. The highest BCUT2D eigenvalue weighted by molar-refractivity contribution is 6.42. The molecule has 0 radical (unpaired) electrons. The van der Waals surface area contributed by atoms with E-state index in [9.17, 15) is 5.11 Å². The third kappa shape index (κ3) is 4.71. The average Bonchev–Trinajstić information content (AvgIpc) is 2.24. The summed E-state index contributed by atoms with van der Waals surface area (Å²) >= 11 is 11.7. The minimum Gasteiger partial charge on any atom is -0.391 e. The molecule has 4 heteroatoms. The number of hydrogen-bond donors (Lipinski definition) is 2. The lowest BCUT2D eigenvalue weighted by Gasteiger charge is -2.11. The molecule has 0 aliphatic heterocycles. The zero-order chi connectivity index (χ0) is 12.0. The van der Waals surface area contributed by atoms with Crippen LogP contribution in [0.2, 0.25) is 10.0 Å². The lowest BCUT2D eigenvalue weighted by molar-refractivity contribution is 0.172. The van der Waals surface area contributed by atoms with Gasteiger partial charge in [0, 0.05) is 6.54 Å². The van der Waals surface area contributed by atoms with Crippen LogP contribution in [0.1, 0.15) is 18.9 Å². The van der Waals surface area contributed by atoms with E-state index in [0.717, 1.165) is 18.5 Å². The molecule has 0 fully saturated rings. The number of aliphatic hydroxyl groups is 1. The van der Waals surface area contributed by atoms with E-state index in [4.69, 9.17) is 23.2 Å². The molecule has 2 N–H and O–H groups in total. The summed E-state index contributed by atoms with van der Waals surface area (Å²) in [5, 5.41) is 14.0. The van der Waals surface area contributed by atoms with Crippen molar-refractivity contribution in [1.29, 1.82) is 0 Å². The van der Waals surface area contributed by atoms with Gasteiger partial charge in [0.05, 0.1) is 16.1 Å². The van der Waals surface area contributed by atoms with E-state index in [1.165, 1.54) is 0 Å². The van der Waals surface area contributed by atoms with Crippen molar-refractivity contribution in [3.8, 4) is 0 Å².